The monoisotopic (exact) mass is 409 g/mol. The molecule has 0 aliphatic rings. The van der Waals surface area contributed by atoms with E-state index >= 15 is 0 Å². The molecule has 2 rings (SSSR count). The third-order valence-electron chi connectivity index (χ3n) is 3.46. The zero-order valence-corrected chi connectivity index (χ0v) is 18.3. The summed E-state index contributed by atoms with van der Waals surface area (Å²) in [5.41, 5.74) is 2.17. The Hall–Kier alpha value is -0.200. The van der Waals surface area contributed by atoms with Gasteiger partial charge in [-0.2, -0.15) is 0 Å². The van der Waals surface area contributed by atoms with E-state index in [2.05, 4.69) is 48.4 Å². The summed E-state index contributed by atoms with van der Waals surface area (Å²) in [6.07, 6.45) is 2.39. The van der Waals surface area contributed by atoms with Gasteiger partial charge in [-0.25, -0.2) is 9.97 Å². The van der Waals surface area contributed by atoms with Crippen LogP contribution in [0.25, 0.3) is 0 Å². The zero-order chi connectivity index (χ0) is 17.2. The zero-order valence-electron chi connectivity index (χ0n) is 15.1. The molecule has 0 bridgehead atoms. The summed E-state index contributed by atoms with van der Waals surface area (Å²) in [5.74, 6) is 1.72. The van der Waals surface area contributed by atoms with Gasteiger partial charge in [0.25, 0.3) is 0 Å². The molecule has 7 heteroatoms. The van der Waals surface area contributed by atoms with Crippen molar-refractivity contribution in [2.24, 2.45) is 0 Å². The quantitative estimate of drug-likeness (QED) is 0.553. The van der Waals surface area contributed by atoms with E-state index < -0.39 is 0 Å². The lowest BCUT2D eigenvalue weighted by atomic mass is 10.1. The number of halogens is 2. The number of rotatable bonds is 7. The van der Waals surface area contributed by atoms with Crippen LogP contribution in [0.4, 0.5) is 0 Å². The highest BCUT2D eigenvalue weighted by molar-refractivity contribution is 7.10. The van der Waals surface area contributed by atoms with Gasteiger partial charge in [0.1, 0.15) is 0 Å². The van der Waals surface area contributed by atoms with Gasteiger partial charge in [-0.05, 0) is 19.9 Å². The van der Waals surface area contributed by atoms with Crippen LogP contribution in [0.2, 0.25) is 0 Å². The molecule has 2 aromatic heterocycles. The molecule has 2 aromatic rings. The Balaban J connectivity index is 0.000000436. The van der Waals surface area contributed by atoms with E-state index in [1.165, 1.54) is 28.6 Å². The second kappa shape index (κ2) is 13.1. The van der Waals surface area contributed by atoms with Gasteiger partial charge < -0.3 is 5.32 Å². The van der Waals surface area contributed by atoms with Crippen LogP contribution in [0.15, 0.2) is 10.8 Å². The van der Waals surface area contributed by atoms with Crippen molar-refractivity contribution in [2.75, 3.05) is 7.05 Å². The molecule has 138 valence electrons. The van der Waals surface area contributed by atoms with Gasteiger partial charge in [-0.3, -0.25) is 0 Å². The first-order chi connectivity index (χ1) is 11.0. The molecule has 0 radical (unpaired) electrons. The lowest BCUT2D eigenvalue weighted by Crippen LogP contribution is -2.05. The van der Waals surface area contributed by atoms with Crippen LogP contribution in [0.1, 0.15) is 73.8 Å². The second-order valence-corrected chi connectivity index (χ2v) is 7.73. The summed E-state index contributed by atoms with van der Waals surface area (Å²) in [6.45, 7) is 9.62. The fourth-order valence-corrected chi connectivity index (χ4v) is 4.21. The maximum absolute atomic E-state index is 5.59. The van der Waals surface area contributed by atoms with Crippen molar-refractivity contribution in [3.05, 3.63) is 32.2 Å². The van der Waals surface area contributed by atoms with Crippen LogP contribution < -0.4 is 5.32 Å². The Morgan fingerprint density at radius 3 is 2.00 bits per heavy atom. The number of hydrogen-bond donors (Lipinski definition) is 1. The van der Waals surface area contributed by atoms with Gasteiger partial charge >= 0.3 is 0 Å². The minimum Gasteiger partial charge on any atom is -0.314 e. The Morgan fingerprint density at radius 1 is 1.04 bits per heavy atom. The summed E-state index contributed by atoms with van der Waals surface area (Å²) in [5, 5.41) is 9.77. The van der Waals surface area contributed by atoms with Crippen molar-refractivity contribution in [2.45, 2.75) is 64.8 Å². The molecule has 0 saturated heterocycles. The van der Waals surface area contributed by atoms with Crippen LogP contribution in [0, 0.1) is 0 Å². The lowest BCUT2D eigenvalue weighted by Gasteiger charge is -2.06. The van der Waals surface area contributed by atoms with Crippen LogP contribution in [-0.2, 0) is 12.4 Å². The molecular formula is C17H29Cl2N3S2. The Morgan fingerprint density at radius 2 is 1.58 bits per heavy atom. The first-order valence-electron chi connectivity index (χ1n) is 8.14. The van der Waals surface area contributed by atoms with Gasteiger partial charge in [0.05, 0.1) is 27.3 Å². The average Bonchev–Trinajstić information content (AvgIpc) is 3.19. The van der Waals surface area contributed by atoms with E-state index in [1.807, 2.05) is 12.4 Å². The Labute approximate surface area is 165 Å². The van der Waals surface area contributed by atoms with E-state index in [4.69, 9.17) is 11.6 Å². The first kappa shape index (κ1) is 23.8. The number of aromatic nitrogens is 2. The first-order valence-corrected chi connectivity index (χ1v) is 10.4. The molecular weight excluding hydrogens is 381 g/mol. The highest BCUT2D eigenvalue weighted by atomic mass is 35.5. The van der Waals surface area contributed by atoms with Gasteiger partial charge in [0.2, 0.25) is 0 Å². The molecule has 1 N–H and O–H groups in total. The summed E-state index contributed by atoms with van der Waals surface area (Å²) in [4.78, 5) is 8.91. The Kier molecular flexibility index (Phi) is 13.0. The molecule has 0 fully saturated rings. The standard InChI is InChI=1S/C10H18N2S.C7H10ClNS.ClH/c1-4-8(5-2)10-12-9(6-11-3)7-13-10;1-5(2)7-9-6(3-8)4-10-7;/h7-8,11H,4-6H2,1-3H3;4-5H,3H2,1-2H3;1H. The van der Waals surface area contributed by atoms with Crippen LogP contribution >= 0.6 is 46.7 Å². The molecule has 0 spiro atoms. The predicted molar refractivity (Wildman–Crippen MR) is 111 cm³/mol. The van der Waals surface area contributed by atoms with Crippen molar-refractivity contribution in [3.63, 3.8) is 0 Å². The van der Waals surface area contributed by atoms with E-state index in [1.54, 1.807) is 22.7 Å². The van der Waals surface area contributed by atoms with Gasteiger partial charge in [-0.15, -0.1) is 46.7 Å². The van der Waals surface area contributed by atoms with E-state index in [0.29, 0.717) is 17.7 Å². The molecule has 0 saturated carbocycles. The van der Waals surface area contributed by atoms with Crippen molar-refractivity contribution >= 4 is 46.7 Å². The average molecular weight is 410 g/mol. The molecule has 3 nitrogen and oxygen atoms in total. The molecule has 0 aliphatic heterocycles. The maximum atomic E-state index is 5.59. The van der Waals surface area contributed by atoms with Crippen molar-refractivity contribution in [1.82, 2.24) is 15.3 Å². The summed E-state index contributed by atoms with van der Waals surface area (Å²) < 4.78 is 0. The topological polar surface area (TPSA) is 37.8 Å². The summed E-state index contributed by atoms with van der Waals surface area (Å²) >= 11 is 9.07. The van der Waals surface area contributed by atoms with E-state index in [9.17, 15) is 0 Å². The largest absolute Gasteiger partial charge is 0.314 e. The lowest BCUT2D eigenvalue weighted by molar-refractivity contribution is 0.633. The fraction of sp³-hybridized carbons (Fsp3) is 0.647. The third kappa shape index (κ3) is 7.79. The van der Waals surface area contributed by atoms with Crippen LogP contribution in [0.3, 0.4) is 0 Å². The minimum atomic E-state index is 0. The predicted octanol–water partition coefficient (Wildman–Crippen LogP) is 6.19. The van der Waals surface area contributed by atoms with Crippen molar-refractivity contribution in [1.29, 1.82) is 0 Å². The molecule has 0 aliphatic carbocycles. The van der Waals surface area contributed by atoms with E-state index in [0.717, 1.165) is 12.2 Å². The second-order valence-electron chi connectivity index (χ2n) is 5.69. The van der Waals surface area contributed by atoms with Crippen molar-refractivity contribution < 1.29 is 0 Å². The van der Waals surface area contributed by atoms with E-state index in [-0.39, 0.29) is 12.4 Å². The smallest absolute Gasteiger partial charge is 0.0959 e. The van der Waals surface area contributed by atoms with Gasteiger partial charge in [0.15, 0.2) is 0 Å². The summed E-state index contributed by atoms with van der Waals surface area (Å²) in [6, 6.07) is 0. The number of hydrogen-bond acceptors (Lipinski definition) is 5. The number of nitrogens with one attached hydrogen (secondary N) is 1. The fourth-order valence-electron chi connectivity index (χ4n) is 2.06. The molecule has 2 heterocycles. The van der Waals surface area contributed by atoms with Gasteiger partial charge in [-0.1, -0.05) is 27.7 Å². The summed E-state index contributed by atoms with van der Waals surface area (Å²) in [7, 11) is 1.95. The van der Waals surface area contributed by atoms with Gasteiger partial charge in [0, 0.05) is 29.1 Å². The number of nitrogens with zero attached hydrogens (tertiary/aromatic N) is 2. The van der Waals surface area contributed by atoms with Crippen LogP contribution in [-0.4, -0.2) is 17.0 Å². The highest BCUT2D eigenvalue weighted by Gasteiger charge is 2.10. The molecule has 24 heavy (non-hydrogen) atoms. The number of alkyl halides is 1. The highest BCUT2D eigenvalue weighted by Crippen LogP contribution is 2.25. The SMILES string of the molecule is CC(C)c1nc(CCl)cs1.CCC(CC)c1nc(CNC)cs1.Cl. The number of thiazole rings is 2. The molecule has 0 atom stereocenters. The van der Waals surface area contributed by atoms with Crippen LogP contribution in [0.5, 0.6) is 0 Å². The minimum absolute atomic E-state index is 0. The van der Waals surface area contributed by atoms with Crippen molar-refractivity contribution in [3.8, 4) is 0 Å². The molecule has 0 aromatic carbocycles. The molecule has 0 unspecified atom stereocenters. The normalized spacial score (nSPS) is 10.5. The Bertz CT molecular complexity index is 552. The molecule has 0 amide bonds. The third-order valence-corrected chi connectivity index (χ3v) is 5.99. The maximum Gasteiger partial charge on any atom is 0.0959 e.